The van der Waals surface area contributed by atoms with Crippen LogP contribution in [0.2, 0.25) is 0 Å². The Morgan fingerprint density at radius 2 is 1.80 bits per heavy atom. The molecule has 1 amide bonds. The molecular formula is C19H17BrN4O. The minimum absolute atomic E-state index is 0.161. The van der Waals surface area contributed by atoms with Crippen molar-refractivity contribution in [3.05, 3.63) is 77.0 Å². The number of carbonyl (C=O) groups is 1. The van der Waals surface area contributed by atoms with Crippen molar-refractivity contribution in [2.45, 2.75) is 6.92 Å². The fraction of sp³-hybridized carbons (Fsp3) is 0.105. The average Bonchev–Trinajstić information content (AvgIpc) is 2.65. The van der Waals surface area contributed by atoms with Gasteiger partial charge in [-0.3, -0.25) is 4.79 Å². The maximum Gasteiger partial charge on any atom is 0.277 e. The molecular weight excluding hydrogens is 380 g/mol. The third-order valence-corrected chi connectivity index (χ3v) is 4.32. The molecule has 0 bridgehead atoms. The Morgan fingerprint density at radius 1 is 1.08 bits per heavy atom. The Labute approximate surface area is 154 Å². The molecule has 6 heteroatoms. The van der Waals surface area contributed by atoms with E-state index < -0.39 is 0 Å². The van der Waals surface area contributed by atoms with E-state index in [0.717, 1.165) is 15.8 Å². The summed E-state index contributed by atoms with van der Waals surface area (Å²) in [7, 11) is 0. The largest absolute Gasteiger partial charge is 0.323 e. The molecule has 0 saturated heterocycles. The van der Waals surface area contributed by atoms with Crippen molar-refractivity contribution in [3.8, 4) is 0 Å². The molecule has 0 fully saturated rings. The van der Waals surface area contributed by atoms with E-state index in [0.29, 0.717) is 18.2 Å². The van der Waals surface area contributed by atoms with Crippen LogP contribution in [0.15, 0.2) is 71.3 Å². The van der Waals surface area contributed by atoms with Gasteiger partial charge in [-0.1, -0.05) is 30.3 Å². The Morgan fingerprint density at radius 3 is 2.52 bits per heavy atom. The van der Waals surface area contributed by atoms with Gasteiger partial charge in [0, 0.05) is 22.9 Å². The van der Waals surface area contributed by atoms with Gasteiger partial charge < -0.3 is 10.2 Å². The average molecular weight is 397 g/mol. The molecule has 25 heavy (non-hydrogen) atoms. The van der Waals surface area contributed by atoms with Crippen molar-refractivity contribution in [1.29, 1.82) is 0 Å². The molecule has 1 heterocycles. The summed E-state index contributed by atoms with van der Waals surface area (Å²) in [5.74, 6) is 0.216. The Bertz CT molecular complexity index is 870. The van der Waals surface area contributed by atoms with Crippen LogP contribution in [0.25, 0.3) is 0 Å². The van der Waals surface area contributed by atoms with Gasteiger partial charge in [-0.2, -0.15) is 0 Å². The zero-order valence-corrected chi connectivity index (χ0v) is 15.3. The number of nitrogens with one attached hydrogen (secondary N) is 1. The quantitative estimate of drug-likeness (QED) is 0.681. The molecule has 0 atom stereocenters. The molecule has 3 aromatic rings. The van der Waals surface area contributed by atoms with Crippen molar-refractivity contribution in [1.82, 2.24) is 9.97 Å². The number of anilines is 3. The van der Waals surface area contributed by atoms with Crippen molar-refractivity contribution >= 4 is 39.2 Å². The lowest BCUT2D eigenvalue weighted by molar-refractivity contribution is 0.0983. The molecule has 0 radical (unpaired) electrons. The number of nitrogens with zero attached hydrogens (tertiary/aromatic N) is 3. The molecule has 3 rings (SSSR count). The lowest BCUT2D eigenvalue weighted by atomic mass is 10.2. The van der Waals surface area contributed by atoms with Gasteiger partial charge in [0.05, 0.1) is 5.69 Å². The number of amides is 1. The maximum atomic E-state index is 12.8. The zero-order chi connectivity index (χ0) is 17.6. The van der Waals surface area contributed by atoms with E-state index in [-0.39, 0.29) is 5.91 Å². The zero-order valence-electron chi connectivity index (χ0n) is 13.7. The molecule has 126 valence electrons. The first-order valence-corrected chi connectivity index (χ1v) is 8.70. The summed E-state index contributed by atoms with van der Waals surface area (Å²) in [6.45, 7) is 2.49. The third-order valence-electron chi connectivity index (χ3n) is 3.62. The lowest BCUT2D eigenvalue weighted by Crippen LogP contribution is -2.31. The van der Waals surface area contributed by atoms with Gasteiger partial charge in [0.15, 0.2) is 0 Å². The van der Waals surface area contributed by atoms with Crippen LogP contribution in [0.4, 0.5) is 17.3 Å². The second-order valence-electron chi connectivity index (χ2n) is 5.26. The van der Waals surface area contributed by atoms with Crippen LogP contribution in [-0.2, 0) is 0 Å². The number of para-hydroxylation sites is 2. The highest BCUT2D eigenvalue weighted by molar-refractivity contribution is 9.10. The van der Waals surface area contributed by atoms with E-state index in [4.69, 9.17) is 0 Å². The summed E-state index contributed by atoms with van der Waals surface area (Å²) >= 11 is 3.47. The Kier molecular flexibility index (Phi) is 5.40. The van der Waals surface area contributed by atoms with Gasteiger partial charge >= 0.3 is 0 Å². The normalized spacial score (nSPS) is 10.3. The molecule has 0 aliphatic heterocycles. The molecule has 0 spiro atoms. The van der Waals surface area contributed by atoms with Crippen LogP contribution in [0.3, 0.4) is 0 Å². The van der Waals surface area contributed by atoms with Crippen molar-refractivity contribution in [2.24, 2.45) is 0 Å². The number of halogens is 1. The summed E-state index contributed by atoms with van der Waals surface area (Å²) in [6, 6.07) is 18.8. The first kappa shape index (κ1) is 17.1. The Hall–Kier alpha value is -2.73. The predicted octanol–water partition coefficient (Wildman–Crippen LogP) is 4.65. The molecule has 2 aromatic carbocycles. The summed E-state index contributed by atoms with van der Waals surface area (Å²) < 4.78 is 0.898. The number of carbonyl (C=O) groups excluding carboxylic acids is 1. The van der Waals surface area contributed by atoms with Gasteiger partial charge in [-0.15, -0.1) is 0 Å². The standard InChI is InChI=1S/C19H17BrN4O/c1-2-24(14-8-4-3-5-9-14)18(25)17-12-13-21-19(23-17)22-16-11-7-6-10-15(16)20/h3-13H,2H2,1H3,(H,21,22,23). The number of hydrogen-bond acceptors (Lipinski definition) is 4. The minimum Gasteiger partial charge on any atom is -0.323 e. The molecule has 5 nitrogen and oxygen atoms in total. The van der Waals surface area contributed by atoms with Crippen LogP contribution in [0.5, 0.6) is 0 Å². The molecule has 0 saturated carbocycles. The van der Waals surface area contributed by atoms with E-state index in [9.17, 15) is 4.79 Å². The van der Waals surface area contributed by atoms with E-state index in [2.05, 4.69) is 31.2 Å². The highest BCUT2D eigenvalue weighted by atomic mass is 79.9. The topological polar surface area (TPSA) is 58.1 Å². The number of aromatic nitrogens is 2. The lowest BCUT2D eigenvalue weighted by Gasteiger charge is -2.20. The van der Waals surface area contributed by atoms with Crippen LogP contribution < -0.4 is 10.2 Å². The predicted molar refractivity (Wildman–Crippen MR) is 103 cm³/mol. The number of benzene rings is 2. The molecule has 1 aromatic heterocycles. The van der Waals surface area contributed by atoms with E-state index in [1.807, 2.05) is 61.5 Å². The van der Waals surface area contributed by atoms with E-state index in [1.165, 1.54) is 0 Å². The van der Waals surface area contributed by atoms with Gasteiger partial charge in [-0.05, 0) is 53.2 Å². The van der Waals surface area contributed by atoms with Crippen molar-refractivity contribution < 1.29 is 4.79 Å². The van der Waals surface area contributed by atoms with Crippen molar-refractivity contribution in [2.75, 3.05) is 16.8 Å². The highest BCUT2D eigenvalue weighted by Crippen LogP contribution is 2.24. The van der Waals surface area contributed by atoms with Crippen LogP contribution in [-0.4, -0.2) is 22.4 Å². The maximum absolute atomic E-state index is 12.8. The summed E-state index contributed by atoms with van der Waals surface area (Å²) in [5, 5.41) is 3.12. The Balaban J connectivity index is 1.85. The van der Waals surface area contributed by atoms with Gasteiger partial charge in [0.2, 0.25) is 5.95 Å². The molecule has 0 aliphatic rings. The fourth-order valence-electron chi connectivity index (χ4n) is 2.41. The SMILES string of the molecule is CCN(C(=O)c1ccnc(Nc2ccccc2Br)n1)c1ccccc1. The van der Waals surface area contributed by atoms with Gasteiger partial charge in [-0.25, -0.2) is 9.97 Å². The monoisotopic (exact) mass is 396 g/mol. The first-order valence-electron chi connectivity index (χ1n) is 7.90. The second-order valence-corrected chi connectivity index (χ2v) is 6.11. The van der Waals surface area contributed by atoms with E-state index in [1.54, 1.807) is 17.2 Å². The third kappa shape index (κ3) is 4.03. The minimum atomic E-state index is -0.161. The molecule has 0 aliphatic carbocycles. The van der Waals surface area contributed by atoms with Gasteiger partial charge in [0.25, 0.3) is 5.91 Å². The fourth-order valence-corrected chi connectivity index (χ4v) is 2.79. The molecule has 0 unspecified atom stereocenters. The number of hydrogen-bond donors (Lipinski definition) is 1. The van der Waals surface area contributed by atoms with Crippen LogP contribution in [0, 0.1) is 0 Å². The van der Waals surface area contributed by atoms with Crippen LogP contribution >= 0.6 is 15.9 Å². The summed E-state index contributed by atoms with van der Waals surface area (Å²) in [5.41, 5.74) is 2.02. The smallest absolute Gasteiger partial charge is 0.277 e. The number of rotatable bonds is 5. The summed E-state index contributed by atoms with van der Waals surface area (Å²) in [4.78, 5) is 23.1. The second kappa shape index (κ2) is 7.90. The van der Waals surface area contributed by atoms with Crippen LogP contribution in [0.1, 0.15) is 17.4 Å². The van der Waals surface area contributed by atoms with E-state index >= 15 is 0 Å². The van der Waals surface area contributed by atoms with Gasteiger partial charge in [0.1, 0.15) is 5.69 Å². The summed E-state index contributed by atoms with van der Waals surface area (Å²) in [6.07, 6.45) is 1.58. The van der Waals surface area contributed by atoms with Crippen molar-refractivity contribution in [3.63, 3.8) is 0 Å². The highest BCUT2D eigenvalue weighted by Gasteiger charge is 2.18. The first-order chi connectivity index (χ1) is 12.2. The molecule has 1 N–H and O–H groups in total.